The number of aromatic nitrogens is 2. The first-order chi connectivity index (χ1) is 18.3. The van der Waals surface area contributed by atoms with Gasteiger partial charge >= 0.3 is 6.03 Å². The molecule has 0 aliphatic heterocycles. The van der Waals surface area contributed by atoms with E-state index in [1.54, 1.807) is 30.3 Å². The van der Waals surface area contributed by atoms with E-state index in [0.29, 0.717) is 17.1 Å². The zero-order chi connectivity index (χ0) is 28.4. The van der Waals surface area contributed by atoms with Crippen molar-refractivity contribution in [2.75, 3.05) is 34.5 Å². The Balaban J connectivity index is 1.66. The van der Waals surface area contributed by atoms with Gasteiger partial charge in [-0.3, -0.25) is 4.72 Å². The van der Waals surface area contributed by atoms with E-state index in [9.17, 15) is 13.2 Å². The molecular formula is C27H30N6O5S. The minimum absolute atomic E-state index is 0.0904. The smallest absolute Gasteiger partial charge is 0.323 e. The minimum atomic E-state index is -3.60. The first kappa shape index (κ1) is 27.5. The molecule has 11 nitrogen and oxygen atoms in total. The summed E-state index contributed by atoms with van der Waals surface area (Å²) < 4.78 is 37.9. The first-order valence-corrected chi connectivity index (χ1v) is 13.8. The van der Waals surface area contributed by atoms with Gasteiger partial charge in [-0.05, 0) is 35.2 Å². The summed E-state index contributed by atoms with van der Waals surface area (Å²) in [5, 5.41) is 7.13. The zero-order valence-corrected chi connectivity index (χ0v) is 23.0. The van der Waals surface area contributed by atoms with Crippen LogP contribution in [0, 0.1) is 0 Å². The number of carbonyl (C=O) groups is 1. The SMILES string of the molecule is COc1c(NC(=O)Nc2ccc(Oc3ccnc(N)n3)c3ccccc23)cc(C(C)(C)C)cc1NS(C)(=O)=O. The second-order valence-corrected chi connectivity index (χ2v) is 11.6. The number of methoxy groups -OCH3 is 1. The molecule has 0 radical (unpaired) electrons. The van der Waals surface area contributed by atoms with Gasteiger partial charge in [0.2, 0.25) is 21.9 Å². The van der Waals surface area contributed by atoms with Crippen LogP contribution in [-0.2, 0) is 15.4 Å². The molecule has 4 rings (SSSR count). The molecule has 5 N–H and O–H groups in total. The summed E-state index contributed by atoms with van der Waals surface area (Å²) in [5.41, 5.74) is 7.17. The molecule has 0 atom stereocenters. The number of benzene rings is 3. The van der Waals surface area contributed by atoms with Crippen molar-refractivity contribution >= 4 is 49.8 Å². The normalized spacial score (nSPS) is 11.6. The number of nitrogen functional groups attached to an aromatic ring is 1. The Hall–Kier alpha value is -4.58. The van der Waals surface area contributed by atoms with Crippen molar-refractivity contribution in [3.63, 3.8) is 0 Å². The fraction of sp³-hybridized carbons (Fsp3) is 0.222. The monoisotopic (exact) mass is 550 g/mol. The molecule has 0 aliphatic rings. The number of rotatable bonds is 7. The molecule has 2 amide bonds. The van der Waals surface area contributed by atoms with E-state index in [0.717, 1.165) is 22.6 Å². The predicted molar refractivity (Wildman–Crippen MR) is 153 cm³/mol. The van der Waals surface area contributed by atoms with Crippen LogP contribution in [0.1, 0.15) is 26.3 Å². The third-order valence-corrected chi connectivity index (χ3v) is 6.29. The Bertz CT molecular complexity index is 1650. The summed E-state index contributed by atoms with van der Waals surface area (Å²) in [4.78, 5) is 21.1. The molecule has 4 aromatic rings. The van der Waals surface area contributed by atoms with E-state index in [1.807, 2.05) is 45.0 Å². The van der Waals surface area contributed by atoms with Crippen LogP contribution in [-0.4, -0.2) is 37.8 Å². The van der Waals surface area contributed by atoms with Crippen molar-refractivity contribution in [2.45, 2.75) is 26.2 Å². The van der Waals surface area contributed by atoms with Crippen LogP contribution < -0.4 is 30.6 Å². The molecule has 1 heterocycles. The maximum atomic E-state index is 13.2. The maximum Gasteiger partial charge on any atom is 0.323 e. The lowest BCUT2D eigenvalue weighted by atomic mass is 9.86. The molecule has 1 aromatic heterocycles. The molecule has 0 saturated carbocycles. The van der Waals surface area contributed by atoms with Crippen molar-refractivity contribution < 1.29 is 22.7 Å². The molecule has 0 aliphatic carbocycles. The van der Waals surface area contributed by atoms with Crippen molar-refractivity contribution in [1.82, 2.24) is 9.97 Å². The van der Waals surface area contributed by atoms with Crippen molar-refractivity contribution in [1.29, 1.82) is 0 Å². The first-order valence-electron chi connectivity index (χ1n) is 11.9. The summed E-state index contributed by atoms with van der Waals surface area (Å²) in [6, 6.07) is 15.3. The lowest BCUT2D eigenvalue weighted by molar-refractivity contribution is 0.262. The summed E-state index contributed by atoms with van der Waals surface area (Å²) >= 11 is 0. The molecule has 0 spiro atoms. The summed E-state index contributed by atoms with van der Waals surface area (Å²) in [7, 11) is -2.20. The molecule has 3 aromatic carbocycles. The van der Waals surface area contributed by atoms with E-state index in [4.69, 9.17) is 15.2 Å². The van der Waals surface area contributed by atoms with Gasteiger partial charge in [-0.1, -0.05) is 45.0 Å². The van der Waals surface area contributed by atoms with Crippen LogP contribution in [0.4, 0.5) is 27.8 Å². The number of nitrogens with one attached hydrogen (secondary N) is 3. The van der Waals surface area contributed by atoms with Crippen molar-refractivity contribution in [2.24, 2.45) is 0 Å². The number of nitrogens with two attached hydrogens (primary N) is 1. The zero-order valence-electron chi connectivity index (χ0n) is 22.2. The average molecular weight is 551 g/mol. The average Bonchev–Trinajstić information content (AvgIpc) is 2.84. The fourth-order valence-corrected chi connectivity index (χ4v) is 4.47. The highest BCUT2D eigenvalue weighted by Crippen LogP contribution is 2.39. The van der Waals surface area contributed by atoms with Gasteiger partial charge in [-0.2, -0.15) is 4.98 Å². The lowest BCUT2D eigenvalue weighted by Gasteiger charge is -2.24. The third-order valence-electron chi connectivity index (χ3n) is 5.70. The van der Waals surface area contributed by atoms with E-state index in [1.165, 1.54) is 13.3 Å². The highest BCUT2D eigenvalue weighted by atomic mass is 32.2. The van der Waals surface area contributed by atoms with Gasteiger partial charge in [0.1, 0.15) is 5.75 Å². The highest BCUT2D eigenvalue weighted by molar-refractivity contribution is 7.92. The largest absolute Gasteiger partial charge is 0.492 e. The quantitative estimate of drug-likeness (QED) is 0.241. The third kappa shape index (κ3) is 6.65. The number of anilines is 4. The van der Waals surface area contributed by atoms with Crippen LogP contribution >= 0.6 is 0 Å². The molecule has 0 unspecified atom stereocenters. The number of sulfonamides is 1. The summed E-state index contributed by atoms with van der Waals surface area (Å²) in [6.45, 7) is 5.94. The molecule has 0 fully saturated rings. The van der Waals surface area contributed by atoms with Gasteiger partial charge in [-0.15, -0.1) is 0 Å². The highest BCUT2D eigenvalue weighted by Gasteiger charge is 2.22. The lowest BCUT2D eigenvalue weighted by Crippen LogP contribution is -2.22. The van der Waals surface area contributed by atoms with Crippen molar-refractivity contribution in [3.05, 3.63) is 66.4 Å². The number of carbonyl (C=O) groups excluding carboxylic acids is 1. The topological polar surface area (TPSA) is 158 Å². The van der Waals surface area contributed by atoms with Gasteiger partial charge in [0.15, 0.2) is 5.75 Å². The minimum Gasteiger partial charge on any atom is -0.492 e. The number of hydrogen-bond donors (Lipinski definition) is 4. The van der Waals surface area contributed by atoms with Crippen LogP contribution in [0.3, 0.4) is 0 Å². The Morgan fingerprint density at radius 1 is 0.949 bits per heavy atom. The number of amides is 2. The van der Waals surface area contributed by atoms with E-state index >= 15 is 0 Å². The summed E-state index contributed by atoms with van der Waals surface area (Å²) in [6.07, 6.45) is 2.55. The van der Waals surface area contributed by atoms with Crippen LogP contribution in [0.25, 0.3) is 10.8 Å². The van der Waals surface area contributed by atoms with E-state index in [2.05, 4.69) is 25.3 Å². The molecule has 0 bridgehead atoms. The molecule has 39 heavy (non-hydrogen) atoms. The van der Waals surface area contributed by atoms with E-state index in [-0.39, 0.29) is 28.7 Å². The van der Waals surface area contributed by atoms with Gasteiger partial charge < -0.3 is 25.8 Å². The van der Waals surface area contributed by atoms with Crippen molar-refractivity contribution in [3.8, 4) is 17.4 Å². The second kappa shape index (κ2) is 10.7. The molecule has 204 valence electrons. The van der Waals surface area contributed by atoms with Gasteiger partial charge in [-0.25, -0.2) is 18.2 Å². The Kier molecular flexibility index (Phi) is 7.50. The van der Waals surface area contributed by atoms with E-state index < -0.39 is 16.1 Å². The van der Waals surface area contributed by atoms with Crippen LogP contribution in [0.5, 0.6) is 17.4 Å². The Labute approximate surface area is 226 Å². The van der Waals surface area contributed by atoms with Gasteiger partial charge in [0.05, 0.1) is 30.4 Å². The fourth-order valence-electron chi connectivity index (χ4n) is 3.92. The number of fused-ring (bicyclic) bond motifs is 1. The number of hydrogen-bond acceptors (Lipinski definition) is 8. The number of urea groups is 1. The standard InChI is InChI=1S/C27H30N6O5S/c1-27(2,3)16-14-20(24(37-4)21(15-16)33-39(5,35)36)31-26(34)30-19-10-11-22(18-9-7-6-8-17(18)19)38-23-12-13-29-25(28)32-23/h6-15,33H,1-5H3,(H2,28,29,32)(H2,30,31,34). The molecule has 12 heteroatoms. The molecular weight excluding hydrogens is 520 g/mol. The second-order valence-electron chi connectivity index (χ2n) is 9.82. The Morgan fingerprint density at radius 3 is 2.26 bits per heavy atom. The number of nitrogens with zero attached hydrogens (tertiary/aromatic N) is 2. The van der Waals surface area contributed by atoms with Crippen LogP contribution in [0.2, 0.25) is 0 Å². The maximum absolute atomic E-state index is 13.2. The molecule has 0 saturated heterocycles. The predicted octanol–water partition coefficient (Wildman–Crippen LogP) is 5.33. The van der Waals surface area contributed by atoms with Crippen LogP contribution in [0.15, 0.2) is 60.8 Å². The van der Waals surface area contributed by atoms with Gasteiger partial charge in [0.25, 0.3) is 0 Å². The Morgan fingerprint density at radius 2 is 1.62 bits per heavy atom. The van der Waals surface area contributed by atoms with Gasteiger partial charge in [0, 0.05) is 23.0 Å². The summed E-state index contributed by atoms with van der Waals surface area (Å²) in [5.74, 6) is 1.08. The number of ether oxygens (including phenoxy) is 2.